The molecule has 1 aromatic rings. The minimum absolute atomic E-state index is 0.0557. The Morgan fingerprint density at radius 2 is 1.88 bits per heavy atom. The summed E-state index contributed by atoms with van der Waals surface area (Å²) in [6.45, 7) is 6.52. The number of ether oxygens (including phenoxy) is 1. The predicted molar refractivity (Wildman–Crippen MR) is 93.3 cm³/mol. The number of carbonyl (C=O) groups is 2. The van der Waals surface area contributed by atoms with Crippen LogP contribution in [-0.4, -0.2) is 44.3 Å². The fraction of sp³-hybridized carbons (Fsp3) is 0.765. The maximum atomic E-state index is 11.5. The first-order chi connectivity index (χ1) is 11.8. The van der Waals surface area contributed by atoms with E-state index < -0.39 is 11.6 Å². The molecule has 0 bridgehead atoms. The van der Waals surface area contributed by atoms with Gasteiger partial charge < -0.3 is 15.2 Å². The number of aryl methyl sites for hydroxylation is 2. The van der Waals surface area contributed by atoms with E-state index >= 15 is 0 Å². The third-order valence-corrected chi connectivity index (χ3v) is 3.42. The molecule has 0 aliphatic rings. The number of rotatable bonds is 11. The third kappa shape index (κ3) is 11.1. The van der Waals surface area contributed by atoms with E-state index in [1.807, 2.05) is 27.0 Å². The molecule has 1 amide bonds. The summed E-state index contributed by atoms with van der Waals surface area (Å²) in [7, 11) is 0. The fourth-order valence-electron chi connectivity index (χ4n) is 2.24. The van der Waals surface area contributed by atoms with Gasteiger partial charge in [-0.2, -0.15) is 0 Å². The second kappa shape index (κ2) is 10.7. The van der Waals surface area contributed by atoms with Gasteiger partial charge >= 0.3 is 12.1 Å². The minimum atomic E-state index is -0.835. The van der Waals surface area contributed by atoms with Gasteiger partial charge in [0.2, 0.25) is 0 Å². The van der Waals surface area contributed by atoms with Crippen LogP contribution < -0.4 is 5.32 Å². The second-order valence-electron chi connectivity index (χ2n) is 7.06. The van der Waals surface area contributed by atoms with Crippen molar-refractivity contribution in [2.75, 3.05) is 6.54 Å². The zero-order valence-corrected chi connectivity index (χ0v) is 15.5. The molecule has 0 saturated carbocycles. The summed E-state index contributed by atoms with van der Waals surface area (Å²) in [5, 5.41) is 19.4. The van der Waals surface area contributed by atoms with Crippen molar-refractivity contribution in [3.63, 3.8) is 0 Å². The minimum Gasteiger partial charge on any atom is -0.481 e. The number of aromatic nitrogens is 3. The molecule has 2 N–H and O–H groups in total. The van der Waals surface area contributed by atoms with E-state index in [0.717, 1.165) is 44.2 Å². The van der Waals surface area contributed by atoms with Crippen molar-refractivity contribution in [3.05, 3.63) is 11.9 Å². The molecule has 0 spiro atoms. The first kappa shape index (κ1) is 20.9. The summed E-state index contributed by atoms with van der Waals surface area (Å²) in [5.74, 6) is -0.835. The van der Waals surface area contributed by atoms with Crippen molar-refractivity contribution in [2.45, 2.75) is 77.9 Å². The van der Waals surface area contributed by atoms with Crippen molar-refractivity contribution in [1.29, 1.82) is 0 Å². The number of nitrogens with one attached hydrogen (secondary N) is 1. The van der Waals surface area contributed by atoms with Crippen LogP contribution in [0.25, 0.3) is 0 Å². The SMILES string of the molecule is CC(C)(C)OC(=O)NCCCCCCCc1cn(CCC(=O)O)nn1. The molecule has 0 aromatic carbocycles. The number of hydrogen-bond donors (Lipinski definition) is 2. The molecule has 142 valence electrons. The topological polar surface area (TPSA) is 106 Å². The lowest BCUT2D eigenvalue weighted by molar-refractivity contribution is -0.137. The van der Waals surface area contributed by atoms with Gasteiger partial charge in [0.15, 0.2) is 0 Å². The van der Waals surface area contributed by atoms with Crippen LogP contribution in [0.2, 0.25) is 0 Å². The maximum absolute atomic E-state index is 11.5. The molecule has 0 aliphatic heterocycles. The Hall–Kier alpha value is -2.12. The summed E-state index contributed by atoms with van der Waals surface area (Å²) in [5.41, 5.74) is 0.441. The summed E-state index contributed by atoms with van der Waals surface area (Å²) in [4.78, 5) is 22.0. The van der Waals surface area contributed by atoms with Crippen molar-refractivity contribution in [1.82, 2.24) is 20.3 Å². The number of alkyl carbamates (subject to hydrolysis) is 1. The average molecular weight is 354 g/mol. The Morgan fingerprint density at radius 1 is 1.20 bits per heavy atom. The zero-order chi connectivity index (χ0) is 18.7. The average Bonchev–Trinajstić information content (AvgIpc) is 2.94. The van der Waals surface area contributed by atoms with E-state index in [2.05, 4.69) is 15.6 Å². The van der Waals surface area contributed by atoms with E-state index in [9.17, 15) is 9.59 Å². The quantitative estimate of drug-likeness (QED) is 0.592. The molecule has 25 heavy (non-hydrogen) atoms. The number of nitrogens with zero attached hydrogens (tertiary/aromatic N) is 3. The number of amides is 1. The van der Waals surface area contributed by atoms with E-state index in [-0.39, 0.29) is 12.5 Å². The third-order valence-electron chi connectivity index (χ3n) is 3.42. The normalized spacial score (nSPS) is 11.3. The van der Waals surface area contributed by atoms with Gasteiger partial charge in [-0.1, -0.05) is 24.5 Å². The van der Waals surface area contributed by atoms with Gasteiger partial charge in [0.25, 0.3) is 0 Å². The molecular formula is C17H30N4O4. The Balaban J connectivity index is 2.00. The van der Waals surface area contributed by atoms with Crippen molar-refractivity contribution >= 4 is 12.1 Å². The molecule has 0 atom stereocenters. The molecule has 1 rings (SSSR count). The van der Waals surface area contributed by atoms with Crippen molar-refractivity contribution in [3.8, 4) is 0 Å². The van der Waals surface area contributed by atoms with Crippen LogP contribution in [-0.2, 0) is 22.5 Å². The Morgan fingerprint density at radius 3 is 2.56 bits per heavy atom. The van der Waals surface area contributed by atoms with Gasteiger partial charge in [0.1, 0.15) is 5.60 Å². The number of carboxylic acid groups (broad SMARTS) is 1. The Kier molecular flexibility index (Phi) is 8.94. The number of hydrogen-bond acceptors (Lipinski definition) is 5. The van der Waals surface area contributed by atoms with Crippen molar-refractivity contribution < 1.29 is 19.4 Å². The summed E-state index contributed by atoms with van der Waals surface area (Å²) in [6.07, 6.45) is 7.57. The zero-order valence-electron chi connectivity index (χ0n) is 15.5. The molecule has 1 aromatic heterocycles. The van der Waals surface area contributed by atoms with Gasteiger partial charge in [0, 0.05) is 12.7 Å². The van der Waals surface area contributed by atoms with Gasteiger partial charge in [-0.05, 0) is 40.0 Å². The molecule has 1 heterocycles. The molecule has 0 aliphatic carbocycles. The van der Waals surface area contributed by atoms with E-state index in [4.69, 9.17) is 9.84 Å². The lowest BCUT2D eigenvalue weighted by atomic mass is 10.1. The first-order valence-electron chi connectivity index (χ1n) is 8.84. The van der Waals surface area contributed by atoms with Crippen LogP contribution in [0.4, 0.5) is 4.79 Å². The van der Waals surface area contributed by atoms with Crippen LogP contribution in [0.15, 0.2) is 6.20 Å². The number of aliphatic carboxylic acids is 1. The first-order valence-corrected chi connectivity index (χ1v) is 8.84. The molecule has 0 radical (unpaired) electrons. The smallest absolute Gasteiger partial charge is 0.407 e. The van der Waals surface area contributed by atoms with Crippen LogP contribution in [0.1, 0.15) is 65.0 Å². The van der Waals surface area contributed by atoms with Crippen molar-refractivity contribution in [2.24, 2.45) is 0 Å². The monoisotopic (exact) mass is 354 g/mol. The number of carboxylic acids is 1. The van der Waals surface area contributed by atoms with E-state index in [1.165, 1.54) is 0 Å². The summed E-state index contributed by atoms with van der Waals surface area (Å²) < 4.78 is 6.74. The van der Waals surface area contributed by atoms with Crippen LogP contribution >= 0.6 is 0 Å². The standard InChI is InChI=1S/C17H30N4O4/c1-17(2,3)25-16(24)18-11-8-6-4-5-7-9-14-13-21(20-19-14)12-10-15(22)23/h13H,4-12H2,1-3H3,(H,18,24)(H,22,23). The fourth-order valence-corrected chi connectivity index (χ4v) is 2.24. The van der Waals surface area contributed by atoms with E-state index in [1.54, 1.807) is 4.68 Å². The highest BCUT2D eigenvalue weighted by Crippen LogP contribution is 2.08. The van der Waals surface area contributed by atoms with Crippen LogP contribution in [0.3, 0.4) is 0 Å². The predicted octanol–water partition coefficient (Wildman–Crippen LogP) is 2.77. The molecule has 8 nitrogen and oxygen atoms in total. The maximum Gasteiger partial charge on any atom is 0.407 e. The summed E-state index contributed by atoms with van der Waals surface area (Å²) in [6, 6.07) is 0. The highest BCUT2D eigenvalue weighted by atomic mass is 16.6. The van der Waals surface area contributed by atoms with Gasteiger partial charge in [-0.3, -0.25) is 9.48 Å². The van der Waals surface area contributed by atoms with Gasteiger partial charge in [0.05, 0.1) is 18.7 Å². The van der Waals surface area contributed by atoms with E-state index in [0.29, 0.717) is 13.1 Å². The largest absolute Gasteiger partial charge is 0.481 e. The van der Waals surface area contributed by atoms with Crippen LogP contribution in [0, 0.1) is 0 Å². The van der Waals surface area contributed by atoms with Crippen LogP contribution in [0.5, 0.6) is 0 Å². The number of unbranched alkanes of at least 4 members (excludes halogenated alkanes) is 4. The molecular weight excluding hydrogens is 324 g/mol. The Bertz CT molecular complexity index is 537. The van der Waals surface area contributed by atoms with Gasteiger partial charge in [-0.15, -0.1) is 5.10 Å². The highest BCUT2D eigenvalue weighted by Gasteiger charge is 2.15. The lowest BCUT2D eigenvalue weighted by Crippen LogP contribution is -2.32. The highest BCUT2D eigenvalue weighted by molar-refractivity contribution is 5.67. The molecule has 0 saturated heterocycles. The Labute approximate surface area is 148 Å². The molecule has 0 fully saturated rings. The van der Waals surface area contributed by atoms with Gasteiger partial charge in [-0.25, -0.2) is 4.79 Å². The lowest BCUT2D eigenvalue weighted by Gasteiger charge is -2.19. The summed E-state index contributed by atoms with van der Waals surface area (Å²) >= 11 is 0. The molecule has 0 unspecified atom stereocenters. The number of carbonyl (C=O) groups excluding carboxylic acids is 1. The molecule has 8 heteroatoms. The second-order valence-corrected chi connectivity index (χ2v) is 7.06.